The summed E-state index contributed by atoms with van der Waals surface area (Å²) in [5, 5.41) is 43.7. The molecule has 1 aliphatic rings. The standard InChI is InChI=1S/C10H21N2O9P/c1-5(14)11-9-8(16)7(15)6(4-13)21-10(9,17)12-22(18,19-2)20-3/h6-9,13,15-17H,4H2,1-3H3,(H,11,14)(H,12,18)/t6-,7-,8+,9-,10+/m1/s1. The summed E-state index contributed by atoms with van der Waals surface area (Å²) >= 11 is 0. The molecule has 1 amide bonds. The smallest absolute Gasteiger partial charge is 0.394 e. The summed E-state index contributed by atoms with van der Waals surface area (Å²) in [4.78, 5) is 11.2. The zero-order valence-corrected chi connectivity index (χ0v) is 13.2. The maximum absolute atomic E-state index is 12.1. The van der Waals surface area contributed by atoms with Crippen LogP contribution in [0.3, 0.4) is 0 Å². The second kappa shape index (κ2) is 7.30. The first-order chi connectivity index (χ1) is 10.1. The van der Waals surface area contributed by atoms with Gasteiger partial charge in [0.2, 0.25) is 5.91 Å². The molecule has 0 radical (unpaired) electrons. The first-order valence-electron chi connectivity index (χ1n) is 6.27. The predicted molar refractivity (Wildman–Crippen MR) is 71.3 cm³/mol. The van der Waals surface area contributed by atoms with Gasteiger partial charge >= 0.3 is 7.75 Å². The fraction of sp³-hybridized carbons (Fsp3) is 0.900. The molecule has 12 heteroatoms. The van der Waals surface area contributed by atoms with Crippen LogP contribution in [0.15, 0.2) is 0 Å². The van der Waals surface area contributed by atoms with Gasteiger partial charge in [-0.25, -0.2) is 4.57 Å². The fourth-order valence-electron chi connectivity index (χ4n) is 2.03. The van der Waals surface area contributed by atoms with E-state index in [9.17, 15) is 24.7 Å². The van der Waals surface area contributed by atoms with E-state index in [1.165, 1.54) is 0 Å². The lowest BCUT2D eigenvalue weighted by atomic mass is 9.94. The number of nitrogens with one attached hydrogen (secondary N) is 2. The molecule has 1 heterocycles. The minimum atomic E-state index is -4.03. The molecule has 5 atom stereocenters. The van der Waals surface area contributed by atoms with Crippen molar-refractivity contribution in [1.82, 2.24) is 10.4 Å². The zero-order chi connectivity index (χ0) is 17.1. The van der Waals surface area contributed by atoms with E-state index in [4.69, 9.17) is 9.84 Å². The van der Waals surface area contributed by atoms with Gasteiger partial charge < -0.3 is 39.5 Å². The van der Waals surface area contributed by atoms with Gasteiger partial charge in [-0.05, 0) is 0 Å². The van der Waals surface area contributed by atoms with Gasteiger partial charge in [-0.15, -0.1) is 0 Å². The molecule has 130 valence electrons. The molecule has 0 saturated carbocycles. The van der Waals surface area contributed by atoms with Crippen LogP contribution in [0.1, 0.15) is 6.92 Å². The van der Waals surface area contributed by atoms with Crippen molar-refractivity contribution in [3.8, 4) is 0 Å². The molecule has 0 aromatic rings. The molecule has 0 bridgehead atoms. The predicted octanol–water partition coefficient (Wildman–Crippen LogP) is -2.76. The molecule has 6 N–H and O–H groups in total. The van der Waals surface area contributed by atoms with Crippen LogP contribution in [-0.4, -0.2) is 77.4 Å². The lowest BCUT2D eigenvalue weighted by Crippen LogP contribution is -2.74. The quantitative estimate of drug-likeness (QED) is 0.219. The number of carbonyl (C=O) groups excluding carboxylic acids is 1. The van der Waals surface area contributed by atoms with Crippen molar-refractivity contribution in [2.45, 2.75) is 37.2 Å². The second-order valence-corrected chi connectivity index (χ2v) is 6.62. The number of rotatable bonds is 6. The van der Waals surface area contributed by atoms with Gasteiger partial charge in [-0.2, -0.15) is 5.09 Å². The average Bonchev–Trinajstić information content (AvgIpc) is 2.47. The molecule has 1 rings (SSSR count). The summed E-state index contributed by atoms with van der Waals surface area (Å²) in [6, 6.07) is -1.61. The normalized spacial score (nSPS) is 36.1. The highest BCUT2D eigenvalue weighted by Crippen LogP contribution is 2.45. The third-order valence-electron chi connectivity index (χ3n) is 3.14. The van der Waals surface area contributed by atoms with Gasteiger partial charge in [0.1, 0.15) is 24.4 Å². The van der Waals surface area contributed by atoms with Crippen molar-refractivity contribution in [2.75, 3.05) is 20.8 Å². The number of amides is 1. The third kappa shape index (κ3) is 4.02. The van der Waals surface area contributed by atoms with Crippen molar-refractivity contribution in [1.29, 1.82) is 0 Å². The van der Waals surface area contributed by atoms with Crippen LogP contribution in [0.4, 0.5) is 0 Å². The number of aliphatic hydroxyl groups excluding tert-OH is 3. The van der Waals surface area contributed by atoms with Crippen molar-refractivity contribution < 1.29 is 43.6 Å². The number of aliphatic hydroxyl groups is 4. The Labute approximate surface area is 126 Å². The lowest BCUT2D eigenvalue weighted by Gasteiger charge is -2.47. The molecular weight excluding hydrogens is 323 g/mol. The molecule has 0 aromatic heterocycles. The van der Waals surface area contributed by atoms with Crippen LogP contribution >= 0.6 is 7.75 Å². The molecule has 0 unspecified atom stereocenters. The monoisotopic (exact) mass is 344 g/mol. The van der Waals surface area contributed by atoms with Crippen molar-refractivity contribution in [3.63, 3.8) is 0 Å². The summed E-state index contributed by atoms with van der Waals surface area (Å²) in [6.45, 7) is 0.350. The van der Waals surface area contributed by atoms with Crippen LogP contribution in [0.25, 0.3) is 0 Å². The zero-order valence-electron chi connectivity index (χ0n) is 12.3. The first kappa shape index (κ1) is 19.4. The Kier molecular flexibility index (Phi) is 6.45. The Bertz CT molecular complexity index is 442. The maximum atomic E-state index is 12.1. The van der Waals surface area contributed by atoms with E-state index in [1.807, 2.05) is 5.09 Å². The Morgan fingerprint density at radius 3 is 2.27 bits per heavy atom. The van der Waals surface area contributed by atoms with E-state index in [-0.39, 0.29) is 0 Å². The summed E-state index contributed by atoms with van der Waals surface area (Å²) in [7, 11) is -1.96. The minimum absolute atomic E-state index is 0.660. The van der Waals surface area contributed by atoms with E-state index < -0.39 is 50.5 Å². The summed E-state index contributed by atoms with van der Waals surface area (Å²) in [5.74, 6) is -3.29. The fourth-order valence-corrected chi connectivity index (χ4v) is 2.94. The third-order valence-corrected chi connectivity index (χ3v) is 4.70. The molecule has 0 aromatic carbocycles. The first-order valence-corrected chi connectivity index (χ1v) is 7.82. The molecular formula is C10H21N2O9P. The Morgan fingerprint density at radius 2 is 1.86 bits per heavy atom. The van der Waals surface area contributed by atoms with Crippen LogP contribution in [0.5, 0.6) is 0 Å². The summed E-state index contributed by atoms with van der Waals surface area (Å²) in [6.07, 6.45) is -4.73. The maximum Gasteiger partial charge on any atom is 0.409 e. The topological polar surface area (TPSA) is 167 Å². The van der Waals surface area contributed by atoms with Gasteiger partial charge in [-0.3, -0.25) is 4.79 Å². The van der Waals surface area contributed by atoms with Gasteiger partial charge in [0, 0.05) is 21.1 Å². The molecule has 1 aliphatic heterocycles. The molecule has 0 spiro atoms. The number of ether oxygens (including phenoxy) is 1. The van der Waals surface area contributed by atoms with Crippen LogP contribution < -0.4 is 10.4 Å². The Hall–Kier alpha value is -0.620. The van der Waals surface area contributed by atoms with Gasteiger partial charge in [0.25, 0.3) is 5.91 Å². The largest absolute Gasteiger partial charge is 0.409 e. The average molecular weight is 344 g/mol. The molecule has 22 heavy (non-hydrogen) atoms. The van der Waals surface area contributed by atoms with E-state index in [0.29, 0.717) is 0 Å². The van der Waals surface area contributed by atoms with Crippen molar-refractivity contribution in [3.05, 3.63) is 0 Å². The number of hydrogen-bond acceptors (Lipinski definition) is 9. The Morgan fingerprint density at radius 1 is 1.32 bits per heavy atom. The Balaban J connectivity index is 3.17. The minimum Gasteiger partial charge on any atom is -0.394 e. The number of hydrogen-bond donors (Lipinski definition) is 6. The van der Waals surface area contributed by atoms with Crippen LogP contribution in [0, 0.1) is 0 Å². The summed E-state index contributed by atoms with van der Waals surface area (Å²) < 4.78 is 26.4. The van der Waals surface area contributed by atoms with Crippen LogP contribution in [0.2, 0.25) is 0 Å². The number of carbonyl (C=O) groups is 1. The molecule has 11 nitrogen and oxygen atoms in total. The summed E-state index contributed by atoms with van der Waals surface area (Å²) in [5.41, 5.74) is 0. The molecule has 0 aliphatic carbocycles. The SMILES string of the molecule is COP(=O)(N[C@@]1(O)O[C@H](CO)[C@@H](O)[C@H](O)[C@H]1NC(C)=O)OC. The van der Waals surface area contributed by atoms with Crippen molar-refractivity contribution in [2.24, 2.45) is 0 Å². The molecule has 1 fully saturated rings. The van der Waals surface area contributed by atoms with E-state index in [0.717, 1.165) is 21.1 Å². The second-order valence-electron chi connectivity index (χ2n) is 4.67. The highest BCUT2D eigenvalue weighted by Gasteiger charge is 2.56. The highest BCUT2D eigenvalue weighted by atomic mass is 31.2. The van der Waals surface area contributed by atoms with Crippen LogP contribution in [-0.2, 0) is 23.1 Å². The lowest BCUT2D eigenvalue weighted by molar-refractivity contribution is -0.324. The van der Waals surface area contributed by atoms with Gasteiger partial charge in [-0.1, -0.05) is 0 Å². The van der Waals surface area contributed by atoms with E-state index in [2.05, 4.69) is 14.4 Å². The molecule has 1 saturated heterocycles. The highest BCUT2D eigenvalue weighted by molar-refractivity contribution is 7.51. The van der Waals surface area contributed by atoms with E-state index in [1.54, 1.807) is 0 Å². The van der Waals surface area contributed by atoms with E-state index >= 15 is 0 Å². The van der Waals surface area contributed by atoms with Crippen molar-refractivity contribution >= 4 is 13.7 Å². The van der Waals surface area contributed by atoms with Gasteiger partial charge in [0.05, 0.1) is 6.61 Å². The van der Waals surface area contributed by atoms with Gasteiger partial charge in [0.15, 0.2) is 0 Å².